The maximum Gasteiger partial charge on any atom is 0.198 e. The molecular formula is C5H8N3O4. The van der Waals surface area contributed by atoms with E-state index in [-0.39, 0.29) is 0 Å². The number of rotatable bonds is 2. The van der Waals surface area contributed by atoms with Gasteiger partial charge in [-0.3, -0.25) is 0 Å². The maximum atomic E-state index is 9.21. The summed E-state index contributed by atoms with van der Waals surface area (Å²) < 4.78 is 4.66. The third-order valence-corrected chi connectivity index (χ3v) is 1.64. The summed E-state index contributed by atoms with van der Waals surface area (Å²) in [6.45, 7) is 0.224. The van der Waals surface area contributed by atoms with Crippen LogP contribution in [-0.2, 0) is 4.74 Å². The number of aliphatic hydroxyl groups excluding tert-OH is 3. The van der Waals surface area contributed by atoms with Gasteiger partial charge in [-0.05, 0) is 5.53 Å². The fourth-order valence-corrected chi connectivity index (χ4v) is 0.919. The Morgan fingerprint density at radius 2 is 2.33 bits per heavy atom. The van der Waals surface area contributed by atoms with Crippen molar-refractivity contribution in [3.63, 3.8) is 0 Å². The van der Waals surface area contributed by atoms with Crippen molar-refractivity contribution in [2.24, 2.45) is 5.11 Å². The molecule has 0 aromatic heterocycles. The van der Waals surface area contributed by atoms with Crippen molar-refractivity contribution in [2.75, 3.05) is 6.61 Å². The molecule has 0 spiro atoms. The van der Waals surface area contributed by atoms with Gasteiger partial charge >= 0.3 is 0 Å². The van der Waals surface area contributed by atoms with Gasteiger partial charge in [-0.25, -0.2) is 0 Å². The quantitative estimate of drug-likeness (QED) is 0.279. The molecule has 0 amide bonds. The van der Waals surface area contributed by atoms with Crippen LogP contribution in [0.4, 0.5) is 0 Å². The lowest BCUT2D eigenvalue weighted by Gasteiger charge is -2.23. The second-order valence-electron chi connectivity index (χ2n) is 2.38. The van der Waals surface area contributed by atoms with E-state index < -0.39 is 24.5 Å². The fraction of sp³-hybridized carbons (Fsp3) is 0.800. The normalized spacial score (nSPS) is 40.9. The van der Waals surface area contributed by atoms with Crippen molar-refractivity contribution in [1.82, 2.24) is 0 Å². The number of ether oxygens (including phenoxy) is 1. The maximum absolute atomic E-state index is 9.21. The van der Waals surface area contributed by atoms with Gasteiger partial charge in [0.1, 0.15) is 18.8 Å². The van der Waals surface area contributed by atoms with Gasteiger partial charge in [0.25, 0.3) is 0 Å². The zero-order valence-electron chi connectivity index (χ0n) is 6.03. The van der Waals surface area contributed by atoms with E-state index in [1.807, 2.05) is 0 Å². The Bertz CT molecular complexity index is 217. The number of azide groups is 1. The summed E-state index contributed by atoms with van der Waals surface area (Å²) in [5.41, 5.74) is 6.32. The average Bonchev–Trinajstić information content (AvgIpc) is 2.35. The van der Waals surface area contributed by atoms with Gasteiger partial charge in [-0.1, -0.05) is 5.11 Å². The number of nitrogens with zero attached hydrogens (tertiary/aromatic N) is 3. The molecule has 12 heavy (non-hydrogen) atoms. The highest BCUT2D eigenvalue weighted by Gasteiger charge is 2.48. The highest BCUT2D eigenvalue weighted by atomic mass is 16.6. The molecule has 0 aliphatic carbocycles. The second kappa shape index (κ2) is 3.26. The van der Waals surface area contributed by atoms with E-state index in [0.29, 0.717) is 0 Å². The SMILES string of the molecule is [N-]=[N+]=N[C@]1(CO)O[CH][C@H](O)[C@@H]1O. The smallest absolute Gasteiger partial charge is 0.198 e. The number of aliphatic hydroxyl groups is 3. The molecular weight excluding hydrogens is 166 g/mol. The van der Waals surface area contributed by atoms with Crippen molar-refractivity contribution in [3.8, 4) is 0 Å². The number of hydrogen-bond donors (Lipinski definition) is 3. The van der Waals surface area contributed by atoms with E-state index in [0.717, 1.165) is 6.61 Å². The molecule has 1 radical (unpaired) electrons. The Morgan fingerprint density at radius 3 is 2.67 bits per heavy atom. The van der Waals surface area contributed by atoms with Crippen LogP contribution >= 0.6 is 0 Å². The third kappa shape index (κ3) is 1.24. The summed E-state index contributed by atoms with van der Waals surface area (Å²) in [4.78, 5) is 2.39. The monoisotopic (exact) mass is 174 g/mol. The minimum atomic E-state index is -1.77. The van der Waals surface area contributed by atoms with E-state index in [1.165, 1.54) is 0 Å². The Hall–Kier alpha value is -0.850. The molecule has 67 valence electrons. The molecule has 1 fully saturated rings. The van der Waals surface area contributed by atoms with Crippen LogP contribution in [-0.4, -0.2) is 39.9 Å². The lowest BCUT2D eigenvalue weighted by Crippen LogP contribution is -2.44. The van der Waals surface area contributed by atoms with E-state index >= 15 is 0 Å². The lowest BCUT2D eigenvalue weighted by molar-refractivity contribution is -0.0826. The Balaban J connectivity index is 2.87. The van der Waals surface area contributed by atoms with Crippen LogP contribution in [0.5, 0.6) is 0 Å². The zero-order chi connectivity index (χ0) is 9.19. The van der Waals surface area contributed by atoms with Gasteiger partial charge in [0.05, 0.1) is 6.61 Å². The second-order valence-corrected chi connectivity index (χ2v) is 2.38. The molecule has 0 unspecified atom stereocenters. The van der Waals surface area contributed by atoms with Crippen LogP contribution in [0.2, 0.25) is 0 Å². The molecule has 1 saturated heterocycles. The van der Waals surface area contributed by atoms with E-state index in [9.17, 15) is 5.11 Å². The molecule has 0 aromatic rings. The standard InChI is InChI=1S/C5H8N3O4/c6-8-7-5(2-9)4(11)3(10)1-12-5/h1,3-4,9-11H,2H2/t3-,4-,5+/m0/s1. The molecule has 7 heteroatoms. The van der Waals surface area contributed by atoms with Gasteiger partial charge in [0.15, 0.2) is 5.72 Å². The van der Waals surface area contributed by atoms with Crippen molar-refractivity contribution in [2.45, 2.75) is 17.9 Å². The molecule has 7 nitrogen and oxygen atoms in total. The van der Waals surface area contributed by atoms with Gasteiger partial charge < -0.3 is 20.1 Å². The van der Waals surface area contributed by atoms with Gasteiger partial charge in [0, 0.05) is 4.91 Å². The minimum Gasteiger partial charge on any atom is -0.393 e. The Kier molecular flexibility index (Phi) is 2.51. The Labute approximate surface area is 67.8 Å². The van der Waals surface area contributed by atoms with E-state index in [4.69, 9.17) is 15.7 Å². The van der Waals surface area contributed by atoms with E-state index in [1.54, 1.807) is 0 Å². The van der Waals surface area contributed by atoms with E-state index in [2.05, 4.69) is 14.8 Å². The van der Waals surface area contributed by atoms with Crippen molar-refractivity contribution in [1.29, 1.82) is 0 Å². The predicted octanol–water partition coefficient (Wildman–Crippen LogP) is -1.10. The number of hydrogen-bond acceptors (Lipinski definition) is 5. The summed E-state index contributed by atoms with van der Waals surface area (Å²) in [5, 5.41) is 30.0. The summed E-state index contributed by atoms with van der Waals surface area (Å²) in [7, 11) is 0. The fourth-order valence-electron chi connectivity index (χ4n) is 0.919. The van der Waals surface area contributed by atoms with Crippen molar-refractivity contribution < 1.29 is 20.1 Å². The predicted molar refractivity (Wildman–Crippen MR) is 36.4 cm³/mol. The highest BCUT2D eigenvalue weighted by Crippen LogP contribution is 2.30. The first kappa shape index (κ1) is 9.24. The topological polar surface area (TPSA) is 119 Å². The first-order valence-corrected chi connectivity index (χ1v) is 3.20. The van der Waals surface area contributed by atoms with Crippen molar-refractivity contribution >= 4 is 0 Å². The van der Waals surface area contributed by atoms with Crippen LogP contribution in [0.3, 0.4) is 0 Å². The summed E-state index contributed by atoms with van der Waals surface area (Å²) in [6, 6.07) is 0. The molecule has 0 saturated carbocycles. The van der Waals surface area contributed by atoms with Crippen molar-refractivity contribution in [3.05, 3.63) is 17.0 Å². The first-order valence-electron chi connectivity index (χ1n) is 3.20. The molecule has 0 bridgehead atoms. The summed E-state index contributed by atoms with van der Waals surface area (Å²) in [6.07, 6.45) is -2.68. The van der Waals surface area contributed by atoms with Crippen LogP contribution in [0.25, 0.3) is 10.4 Å². The molecule has 1 heterocycles. The molecule has 0 aromatic carbocycles. The molecule has 3 N–H and O–H groups in total. The van der Waals surface area contributed by atoms with Crippen LogP contribution in [0, 0.1) is 6.61 Å². The minimum absolute atomic E-state index is 0.689. The van der Waals surface area contributed by atoms with Gasteiger partial charge in [0.2, 0.25) is 0 Å². The Morgan fingerprint density at radius 1 is 1.67 bits per heavy atom. The third-order valence-electron chi connectivity index (χ3n) is 1.64. The van der Waals surface area contributed by atoms with Crippen LogP contribution in [0.1, 0.15) is 0 Å². The first-order chi connectivity index (χ1) is 5.66. The largest absolute Gasteiger partial charge is 0.393 e. The molecule has 1 rings (SSSR count). The van der Waals surface area contributed by atoms with Gasteiger partial charge in [-0.15, -0.1) is 0 Å². The average molecular weight is 174 g/mol. The molecule has 1 aliphatic rings. The summed E-state index contributed by atoms with van der Waals surface area (Å²) in [5.74, 6) is 0. The van der Waals surface area contributed by atoms with Crippen LogP contribution < -0.4 is 0 Å². The lowest BCUT2D eigenvalue weighted by atomic mass is 10.1. The van der Waals surface area contributed by atoms with Gasteiger partial charge in [-0.2, -0.15) is 0 Å². The molecule has 3 atom stereocenters. The summed E-state index contributed by atoms with van der Waals surface area (Å²) >= 11 is 0. The highest BCUT2D eigenvalue weighted by molar-refractivity contribution is 5.00. The zero-order valence-corrected chi connectivity index (χ0v) is 6.03. The van der Waals surface area contributed by atoms with Crippen LogP contribution in [0.15, 0.2) is 5.11 Å². The molecule has 1 aliphatic heterocycles.